The zero-order valence-electron chi connectivity index (χ0n) is 6.13. The minimum Gasteiger partial charge on any atom is -0.367 e. The highest BCUT2D eigenvalue weighted by Gasteiger charge is 1.98. The molecule has 0 aromatic carbocycles. The van der Waals surface area contributed by atoms with E-state index in [1.54, 1.807) is 12.2 Å². The molecule has 0 saturated heterocycles. The van der Waals surface area contributed by atoms with Crippen LogP contribution >= 0.6 is 0 Å². The first-order valence-corrected chi connectivity index (χ1v) is 3.11. The van der Waals surface area contributed by atoms with Gasteiger partial charge in [0.05, 0.1) is 12.2 Å². The molecule has 0 bridgehead atoms. The number of hydrogen-bond donors (Lipinski definition) is 0. The largest absolute Gasteiger partial charge is 0.367 e. The van der Waals surface area contributed by atoms with Gasteiger partial charge in [0.1, 0.15) is 0 Å². The number of hydrogen-bond acceptors (Lipinski definition) is 1. The Morgan fingerprint density at radius 1 is 1.11 bits per heavy atom. The fraction of sp³-hybridized carbons (Fsp3) is 0.500. The second-order valence-corrected chi connectivity index (χ2v) is 2.02. The Morgan fingerprint density at radius 3 is 1.67 bits per heavy atom. The van der Waals surface area contributed by atoms with E-state index in [1.165, 1.54) is 0 Å². The van der Waals surface area contributed by atoms with Crippen molar-refractivity contribution in [2.24, 2.45) is 0 Å². The van der Waals surface area contributed by atoms with Crippen LogP contribution in [0.1, 0.15) is 13.8 Å². The van der Waals surface area contributed by atoms with Crippen LogP contribution in [0.25, 0.3) is 0 Å². The second kappa shape index (κ2) is 4.33. The van der Waals surface area contributed by atoms with Crippen LogP contribution < -0.4 is 0 Å². The van der Waals surface area contributed by atoms with Crippen molar-refractivity contribution < 1.29 is 4.74 Å². The summed E-state index contributed by atoms with van der Waals surface area (Å²) < 4.78 is 5.31. The Balaban J connectivity index is 3.45. The molecule has 0 fully saturated rings. The van der Waals surface area contributed by atoms with E-state index in [4.69, 9.17) is 4.74 Å². The molecular weight excluding hydrogens is 112 g/mol. The van der Waals surface area contributed by atoms with Gasteiger partial charge in [-0.15, -0.1) is 13.2 Å². The molecule has 0 N–H and O–H groups in total. The topological polar surface area (TPSA) is 9.23 Å². The molecule has 0 aromatic heterocycles. The van der Waals surface area contributed by atoms with Gasteiger partial charge in [-0.25, -0.2) is 0 Å². The van der Waals surface area contributed by atoms with E-state index in [1.807, 2.05) is 13.8 Å². The maximum Gasteiger partial charge on any atom is 0.0732 e. The fourth-order valence-corrected chi connectivity index (χ4v) is 0.450. The molecular formula is C8H14O. The lowest BCUT2D eigenvalue weighted by atomic mass is 10.3. The van der Waals surface area contributed by atoms with Crippen LogP contribution in [0.5, 0.6) is 0 Å². The van der Waals surface area contributed by atoms with Crippen LogP contribution in [0.15, 0.2) is 25.3 Å². The molecule has 1 heteroatoms. The van der Waals surface area contributed by atoms with Crippen molar-refractivity contribution in [2.75, 3.05) is 0 Å². The quantitative estimate of drug-likeness (QED) is 0.524. The Bertz CT molecular complexity index is 84.7. The summed E-state index contributed by atoms with van der Waals surface area (Å²) in [6.07, 6.45) is 3.77. The summed E-state index contributed by atoms with van der Waals surface area (Å²) in [7, 11) is 0. The fourth-order valence-electron chi connectivity index (χ4n) is 0.450. The first-order chi connectivity index (χ1) is 4.20. The van der Waals surface area contributed by atoms with Crippen LogP contribution in [-0.4, -0.2) is 12.2 Å². The summed E-state index contributed by atoms with van der Waals surface area (Å²) in [6, 6.07) is 0. The molecule has 0 spiro atoms. The average Bonchev–Trinajstić information content (AvgIpc) is 1.87. The van der Waals surface area contributed by atoms with E-state index in [9.17, 15) is 0 Å². The molecule has 0 saturated carbocycles. The number of ether oxygens (including phenoxy) is 1. The van der Waals surface area contributed by atoms with Gasteiger partial charge in [0.15, 0.2) is 0 Å². The van der Waals surface area contributed by atoms with Crippen LogP contribution in [-0.2, 0) is 4.74 Å². The van der Waals surface area contributed by atoms with E-state index in [2.05, 4.69) is 13.2 Å². The molecule has 9 heavy (non-hydrogen) atoms. The van der Waals surface area contributed by atoms with Gasteiger partial charge in [-0.2, -0.15) is 0 Å². The molecule has 0 aliphatic carbocycles. The van der Waals surface area contributed by atoms with Crippen LogP contribution in [0.2, 0.25) is 0 Å². The van der Waals surface area contributed by atoms with Gasteiger partial charge >= 0.3 is 0 Å². The van der Waals surface area contributed by atoms with Crippen LogP contribution in [0, 0.1) is 0 Å². The zero-order valence-corrected chi connectivity index (χ0v) is 6.13. The molecule has 0 aliphatic heterocycles. The van der Waals surface area contributed by atoms with Gasteiger partial charge in [0, 0.05) is 0 Å². The van der Waals surface area contributed by atoms with Crippen LogP contribution in [0.3, 0.4) is 0 Å². The van der Waals surface area contributed by atoms with Crippen LogP contribution in [0.4, 0.5) is 0 Å². The van der Waals surface area contributed by atoms with Crippen molar-refractivity contribution in [3.8, 4) is 0 Å². The van der Waals surface area contributed by atoms with Gasteiger partial charge in [0.2, 0.25) is 0 Å². The molecule has 0 amide bonds. The summed E-state index contributed by atoms with van der Waals surface area (Å²) >= 11 is 0. The SMILES string of the molecule is C=CC(C)OC(C)C=C. The molecule has 0 heterocycles. The van der Waals surface area contributed by atoms with E-state index in [0.29, 0.717) is 0 Å². The standard InChI is InChI=1S/C8H14O/c1-5-7(3)9-8(4)6-2/h5-8H,1-2H2,3-4H3. The maximum atomic E-state index is 5.31. The first kappa shape index (κ1) is 8.44. The monoisotopic (exact) mass is 126 g/mol. The predicted molar refractivity (Wildman–Crippen MR) is 40.4 cm³/mol. The van der Waals surface area contributed by atoms with E-state index in [-0.39, 0.29) is 12.2 Å². The Labute approximate surface area is 57.0 Å². The highest BCUT2D eigenvalue weighted by atomic mass is 16.5. The molecule has 0 aliphatic rings. The lowest BCUT2D eigenvalue weighted by molar-refractivity contribution is 0.0635. The predicted octanol–water partition coefficient (Wildman–Crippen LogP) is 2.15. The van der Waals surface area contributed by atoms with Crippen molar-refractivity contribution >= 4 is 0 Å². The summed E-state index contributed by atoms with van der Waals surface area (Å²) in [6.45, 7) is 11.1. The molecule has 0 aromatic rings. The van der Waals surface area contributed by atoms with E-state index in [0.717, 1.165) is 0 Å². The third-order valence-electron chi connectivity index (χ3n) is 1.09. The smallest absolute Gasteiger partial charge is 0.0732 e. The molecule has 1 nitrogen and oxygen atoms in total. The lowest BCUT2D eigenvalue weighted by Gasteiger charge is -2.11. The number of rotatable bonds is 4. The molecule has 0 radical (unpaired) electrons. The molecule has 0 rings (SSSR count). The third kappa shape index (κ3) is 3.98. The summed E-state index contributed by atoms with van der Waals surface area (Å²) in [5.74, 6) is 0. The van der Waals surface area contributed by atoms with Gasteiger partial charge in [-0.3, -0.25) is 0 Å². The van der Waals surface area contributed by atoms with Crippen molar-refractivity contribution in [1.29, 1.82) is 0 Å². The van der Waals surface area contributed by atoms with E-state index >= 15 is 0 Å². The third-order valence-corrected chi connectivity index (χ3v) is 1.09. The second-order valence-electron chi connectivity index (χ2n) is 2.02. The van der Waals surface area contributed by atoms with Crippen molar-refractivity contribution in [3.63, 3.8) is 0 Å². The Kier molecular flexibility index (Phi) is 4.06. The Hall–Kier alpha value is -0.560. The minimum atomic E-state index is 0.123. The Morgan fingerprint density at radius 2 is 1.44 bits per heavy atom. The highest BCUT2D eigenvalue weighted by molar-refractivity contribution is 4.81. The lowest BCUT2D eigenvalue weighted by Crippen LogP contribution is -2.11. The van der Waals surface area contributed by atoms with Gasteiger partial charge in [-0.1, -0.05) is 12.2 Å². The zero-order chi connectivity index (χ0) is 7.28. The van der Waals surface area contributed by atoms with Crippen molar-refractivity contribution in [1.82, 2.24) is 0 Å². The maximum absolute atomic E-state index is 5.31. The molecule has 2 unspecified atom stereocenters. The van der Waals surface area contributed by atoms with Gasteiger partial charge in [-0.05, 0) is 13.8 Å². The molecule has 52 valence electrons. The molecule has 2 atom stereocenters. The summed E-state index contributed by atoms with van der Waals surface area (Å²) in [5, 5.41) is 0. The average molecular weight is 126 g/mol. The van der Waals surface area contributed by atoms with Crippen molar-refractivity contribution in [2.45, 2.75) is 26.1 Å². The van der Waals surface area contributed by atoms with Gasteiger partial charge < -0.3 is 4.74 Å². The van der Waals surface area contributed by atoms with Gasteiger partial charge in [0.25, 0.3) is 0 Å². The van der Waals surface area contributed by atoms with Crippen molar-refractivity contribution in [3.05, 3.63) is 25.3 Å². The highest BCUT2D eigenvalue weighted by Crippen LogP contribution is 1.98. The summed E-state index contributed by atoms with van der Waals surface area (Å²) in [5.41, 5.74) is 0. The summed E-state index contributed by atoms with van der Waals surface area (Å²) in [4.78, 5) is 0. The first-order valence-electron chi connectivity index (χ1n) is 3.11. The van der Waals surface area contributed by atoms with E-state index < -0.39 is 0 Å². The normalized spacial score (nSPS) is 16.2. The minimum absolute atomic E-state index is 0.123.